The van der Waals surface area contributed by atoms with Gasteiger partial charge >= 0.3 is 0 Å². The molecule has 0 atom stereocenters. The van der Waals surface area contributed by atoms with Gasteiger partial charge in [0.05, 0.1) is 15.6 Å². The number of nitrogens with one attached hydrogen (secondary N) is 2. The molecule has 0 bridgehead atoms. The van der Waals surface area contributed by atoms with Gasteiger partial charge in [0.2, 0.25) is 0 Å². The summed E-state index contributed by atoms with van der Waals surface area (Å²) in [5.74, 6) is 0. The van der Waals surface area contributed by atoms with Crippen molar-refractivity contribution < 1.29 is 8.42 Å². The van der Waals surface area contributed by atoms with E-state index in [2.05, 4.69) is 10.0 Å². The summed E-state index contributed by atoms with van der Waals surface area (Å²) in [4.78, 5) is 0.231. The van der Waals surface area contributed by atoms with Crippen molar-refractivity contribution in [3.8, 4) is 0 Å². The topological polar surface area (TPSA) is 58.2 Å². The maximum absolute atomic E-state index is 12.5. The van der Waals surface area contributed by atoms with Crippen molar-refractivity contribution in [2.45, 2.75) is 18.2 Å². The van der Waals surface area contributed by atoms with Gasteiger partial charge in [-0.05, 0) is 42.7 Å². The average molecular weight is 323 g/mol. The minimum absolute atomic E-state index is 0.231. The van der Waals surface area contributed by atoms with E-state index in [4.69, 9.17) is 11.6 Å². The summed E-state index contributed by atoms with van der Waals surface area (Å²) in [6.45, 7) is 2.66. The second-order valence-corrected chi connectivity index (χ2v) is 7.12. The Morgan fingerprint density at radius 3 is 2.81 bits per heavy atom. The number of rotatable bonds is 3. The zero-order chi connectivity index (χ0) is 15.0. The number of sulfonamides is 1. The van der Waals surface area contributed by atoms with E-state index in [0.29, 0.717) is 10.7 Å². The SMILES string of the molecule is Cc1cccc(Cl)c1NS(=O)(=O)c1ccc2c(c1)NCC2. The average Bonchev–Trinajstić information content (AvgIpc) is 2.90. The summed E-state index contributed by atoms with van der Waals surface area (Å²) in [5.41, 5.74) is 3.23. The lowest BCUT2D eigenvalue weighted by Crippen LogP contribution is -2.14. The second kappa shape index (κ2) is 5.24. The first kappa shape index (κ1) is 14.2. The van der Waals surface area contributed by atoms with Crippen molar-refractivity contribution in [1.82, 2.24) is 0 Å². The summed E-state index contributed by atoms with van der Waals surface area (Å²) in [5, 5.41) is 3.57. The Hall–Kier alpha value is -1.72. The van der Waals surface area contributed by atoms with Gasteiger partial charge in [0.15, 0.2) is 0 Å². The number of hydrogen-bond donors (Lipinski definition) is 2. The predicted molar refractivity (Wildman–Crippen MR) is 85.6 cm³/mol. The van der Waals surface area contributed by atoms with E-state index in [1.54, 1.807) is 24.3 Å². The molecule has 0 aliphatic carbocycles. The molecule has 0 saturated heterocycles. The standard InChI is InChI=1S/C15H15ClN2O2S/c1-10-3-2-4-13(16)15(10)18-21(19,20)12-6-5-11-7-8-17-14(11)9-12/h2-6,9,17-18H,7-8H2,1H3. The van der Waals surface area contributed by atoms with Crippen LogP contribution in [0.4, 0.5) is 11.4 Å². The van der Waals surface area contributed by atoms with Crippen molar-refractivity contribution >= 4 is 33.0 Å². The molecule has 0 unspecified atom stereocenters. The molecule has 110 valence electrons. The highest BCUT2D eigenvalue weighted by Crippen LogP contribution is 2.30. The van der Waals surface area contributed by atoms with E-state index in [9.17, 15) is 8.42 Å². The number of hydrogen-bond acceptors (Lipinski definition) is 3. The van der Waals surface area contributed by atoms with Crippen LogP contribution in [0.25, 0.3) is 0 Å². The van der Waals surface area contributed by atoms with Crippen LogP contribution in [-0.2, 0) is 16.4 Å². The quantitative estimate of drug-likeness (QED) is 0.910. The Kier molecular flexibility index (Phi) is 3.55. The van der Waals surface area contributed by atoms with E-state index in [-0.39, 0.29) is 4.90 Å². The summed E-state index contributed by atoms with van der Waals surface area (Å²) in [6, 6.07) is 10.4. The highest BCUT2D eigenvalue weighted by Gasteiger charge is 2.20. The number of para-hydroxylation sites is 1. The molecule has 21 heavy (non-hydrogen) atoms. The molecule has 0 radical (unpaired) electrons. The zero-order valence-electron chi connectivity index (χ0n) is 11.5. The fourth-order valence-corrected chi connectivity index (χ4v) is 3.89. The van der Waals surface area contributed by atoms with Crippen molar-refractivity contribution in [3.63, 3.8) is 0 Å². The second-order valence-electron chi connectivity index (χ2n) is 5.03. The normalized spacial score (nSPS) is 13.6. The molecule has 3 rings (SSSR count). The number of anilines is 2. The van der Waals surface area contributed by atoms with E-state index in [1.165, 1.54) is 0 Å². The van der Waals surface area contributed by atoms with Gasteiger partial charge in [0.25, 0.3) is 10.0 Å². The van der Waals surface area contributed by atoms with Crippen LogP contribution in [0.5, 0.6) is 0 Å². The van der Waals surface area contributed by atoms with Crippen LogP contribution in [0.1, 0.15) is 11.1 Å². The molecule has 1 aliphatic heterocycles. The molecule has 2 N–H and O–H groups in total. The molecule has 1 heterocycles. The van der Waals surface area contributed by atoms with Gasteiger partial charge in [-0.15, -0.1) is 0 Å². The van der Waals surface area contributed by atoms with Crippen molar-refractivity contribution in [3.05, 3.63) is 52.5 Å². The Morgan fingerprint density at radius 1 is 1.24 bits per heavy atom. The maximum atomic E-state index is 12.5. The summed E-state index contributed by atoms with van der Waals surface area (Å²) >= 11 is 6.08. The van der Waals surface area contributed by atoms with Crippen LogP contribution >= 0.6 is 11.6 Å². The molecule has 0 saturated carbocycles. The fourth-order valence-electron chi connectivity index (χ4n) is 2.39. The largest absolute Gasteiger partial charge is 0.384 e. The van der Waals surface area contributed by atoms with Gasteiger partial charge in [-0.2, -0.15) is 0 Å². The summed E-state index contributed by atoms with van der Waals surface area (Å²) < 4.78 is 27.6. The zero-order valence-corrected chi connectivity index (χ0v) is 13.1. The molecule has 6 heteroatoms. The smallest absolute Gasteiger partial charge is 0.262 e. The molecule has 2 aromatic rings. The van der Waals surface area contributed by atoms with E-state index in [1.807, 2.05) is 19.1 Å². The first-order chi connectivity index (χ1) is 9.97. The third-order valence-electron chi connectivity index (χ3n) is 3.56. The monoisotopic (exact) mass is 322 g/mol. The third-order valence-corrected chi connectivity index (χ3v) is 5.22. The van der Waals surface area contributed by atoms with Gasteiger partial charge in [-0.3, -0.25) is 4.72 Å². The summed E-state index contributed by atoms with van der Waals surface area (Å²) in [6.07, 6.45) is 0.923. The van der Waals surface area contributed by atoms with E-state index in [0.717, 1.165) is 29.8 Å². The molecule has 0 amide bonds. The van der Waals surface area contributed by atoms with Gasteiger partial charge in [0, 0.05) is 12.2 Å². The molecule has 1 aliphatic rings. The molecule has 0 fully saturated rings. The molecular weight excluding hydrogens is 308 g/mol. The van der Waals surface area contributed by atoms with Gasteiger partial charge in [-0.1, -0.05) is 29.8 Å². The number of halogens is 1. The number of aryl methyl sites for hydroxylation is 1. The maximum Gasteiger partial charge on any atom is 0.262 e. The Morgan fingerprint density at radius 2 is 2.05 bits per heavy atom. The van der Waals surface area contributed by atoms with Crippen molar-refractivity contribution in [1.29, 1.82) is 0 Å². The van der Waals surface area contributed by atoms with Crippen molar-refractivity contribution in [2.75, 3.05) is 16.6 Å². The van der Waals surface area contributed by atoms with Crippen LogP contribution < -0.4 is 10.0 Å². The van der Waals surface area contributed by atoms with Crippen LogP contribution in [-0.4, -0.2) is 15.0 Å². The highest BCUT2D eigenvalue weighted by atomic mass is 35.5. The lowest BCUT2D eigenvalue weighted by Gasteiger charge is -2.13. The molecule has 2 aromatic carbocycles. The Bertz CT molecular complexity index is 783. The highest BCUT2D eigenvalue weighted by molar-refractivity contribution is 7.92. The van der Waals surface area contributed by atoms with Gasteiger partial charge in [-0.25, -0.2) is 8.42 Å². The van der Waals surface area contributed by atoms with Crippen LogP contribution in [0, 0.1) is 6.92 Å². The first-order valence-corrected chi connectivity index (χ1v) is 8.48. The predicted octanol–water partition coefficient (Wildman–Crippen LogP) is 3.42. The molecule has 0 spiro atoms. The Labute approximate surface area is 129 Å². The molecule has 0 aromatic heterocycles. The lowest BCUT2D eigenvalue weighted by atomic mass is 10.2. The van der Waals surface area contributed by atoms with Gasteiger partial charge in [0.1, 0.15) is 0 Å². The number of fused-ring (bicyclic) bond motifs is 1. The lowest BCUT2D eigenvalue weighted by molar-refractivity contribution is 0.601. The van der Waals surface area contributed by atoms with Crippen LogP contribution in [0.3, 0.4) is 0 Å². The van der Waals surface area contributed by atoms with E-state index >= 15 is 0 Å². The van der Waals surface area contributed by atoms with E-state index < -0.39 is 10.0 Å². The first-order valence-electron chi connectivity index (χ1n) is 6.62. The Balaban J connectivity index is 1.98. The van der Waals surface area contributed by atoms with Crippen LogP contribution in [0.15, 0.2) is 41.3 Å². The van der Waals surface area contributed by atoms with Gasteiger partial charge < -0.3 is 5.32 Å². The third kappa shape index (κ3) is 2.71. The van der Waals surface area contributed by atoms with Crippen molar-refractivity contribution in [2.24, 2.45) is 0 Å². The van der Waals surface area contributed by atoms with Crippen LogP contribution in [0.2, 0.25) is 5.02 Å². The fraction of sp³-hybridized carbons (Fsp3) is 0.200. The minimum Gasteiger partial charge on any atom is -0.384 e. The summed E-state index contributed by atoms with van der Waals surface area (Å²) in [7, 11) is -3.65. The minimum atomic E-state index is -3.65. The number of benzene rings is 2. The molecule has 4 nitrogen and oxygen atoms in total. The molecular formula is C15H15ClN2O2S.